The number of allylic oxidation sites excluding steroid dienone is 1. The van der Waals surface area contributed by atoms with E-state index in [-0.39, 0.29) is 18.6 Å². The number of aryl methyl sites for hydroxylation is 1. The van der Waals surface area contributed by atoms with Crippen LogP contribution in [0.25, 0.3) is 38.8 Å². The Hall–Kier alpha value is -2.56. The Bertz CT molecular complexity index is 1290. The average Bonchev–Trinajstić information content (AvgIpc) is 3.33. The summed E-state index contributed by atoms with van der Waals surface area (Å²) >= 11 is 0. The minimum absolute atomic E-state index is 0.0261. The topological polar surface area (TPSA) is 28.3 Å². The summed E-state index contributed by atoms with van der Waals surface area (Å²) in [7, 11) is 1.81. The monoisotopic (exact) mass is 356 g/mol. The first-order chi connectivity index (χ1) is 13.4. The molecule has 0 amide bonds. The Balaban J connectivity index is 1.77. The Morgan fingerprint density at radius 1 is 1.00 bits per heavy atom. The first-order valence-corrected chi connectivity index (χ1v) is 9.80. The lowest BCUT2D eigenvalue weighted by Gasteiger charge is -2.20. The zero-order valence-corrected chi connectivity index (χ0v) is 15.2. The van der Waals surface area contributed by atoms with Gasteiger partial charge in [-0.3, -0.25) is 0 Å². The minimum Gasteiger partial charge on any atom is -0.377 e. The van der Waals surface area contributed by atoms with Crippen molar-refractivity contribution < 1.29 is 9.47 Å². The molecule has 0 saturated carbocycles. The SMILES string of the molecule is CO[C@H]1CC2O[C@H]1n1c3ccccc3c3ccc4c5c(n2c4c31)C=CCC5. The molecule has 0 N–H and O–H groups in total. The van der Waals surface area contributed by atoms with Gasteiger partial charge in [0.15, 0.2) is 6.23 Å². The van der Waals surface area contributed by atoms with Gasteiger partial charge in [0.1, 0.15) is 12.3 Å². The van der Waals surface area contributed by atoms with Crippen LogP contribution in [0.2, 0.25) is 0 Å². The maximum Gasteiger partial charge on any atom is 0.163 e. The fourth-order valence-corrected chi connectivity index (χ4v) is 5.62. The molecule has 2 aromatic heterocycles. The predicted octanol–water partition coefficient (Wildman–Crippen LogP) is 5.15. The number of hydrogen-bond donors (Lipinski definition) is 0. The van der Waals surface area contributed by atoms with Gasteiger partial charge < -0.3 is 18.6 Å². The molecule has 4 heteroatoms. The van der Waals surface area contributed by atoms with Crippen molar-refractivity contribution in [3.05, 3.63) is 53.7 Å². The number of ether oxygens (including phenoxy) is 2. The summed E-state index contributed by atoms with van der Waals surface area (Å²) in [6.07, 6.45) is 7.68. The molecule has 3 atom stereocenters. The van der Waals surface area contributed by atoms with Crippen LogP contribution >= 0.6 is 0 Å². The molecule has 2 aliphatic heterocycles. The third kappa shape index (κ3) is 1.59. The van der Waals surface area contributed by atoms with E-state index in [4.69, 9.17) is 9.47 Å². The summed E-state index contributed by atoms with van der Waals surface area (Å²) in [4.78, 5) is 0. The maximum atomic E-state index is 6.65. The Morgan fingerprint density at radius 3 is 2.78 bits per heavy atom. The summed E-state index contributed by atoms with van der Waals surface area (Å²) in [5.74, 6) is 0. The fraction of sp³-hybridized carbons (Fsp3) is 0.304. The zero-order valence-electron chi connectivity index (χ0n) is 15.2. The minimum atomic E-state index is -0.0869. The number of methoxy groups -OCH3 is 1. The molecule has 27 heavy (non-hydrogen) atoms. The van der Waals surface area contributed by atoms with Gasteiger partial charge in [-0.05, 0) is 30.5 Å². The number of nitrogens with zero attached hydrogens (tertiary/aromatic N) is 2. The Labute approximate surface area is 156 Å². The Morgan fingerprint density at radius 2 is 1.85 bits per heavy atom. The molecule has 7 rings (SSSR count). The van der Waals surface area contributed by atoms with Crippen LogP contribution in [-0.4, -0.2) is 22.3 Å². The van der Waals surface area contributed by atoms with Crippen LogP contribution in [0.15, 0.2) is 42.5 Å². The van der Waals surface area contributed by atoms with Crippen molar-refractivity contribution >= 4 is 38.8 Å². The van der Waals surface area contributed by atoms with Gasteiger partial charge in [-0.2, -0.15) is 0 Å². The van der Waals surface area contributed by atoms with E-state index in [1.165, 1.54) is 44.0 Å². The lowest BCUT2D eigenvalue weighted by Crippen LogP contribution is -2.21. The highest BCUT2D eigenvalue weighted by Gasteiger charge is 2.43. The normalized spacial score (nSPS) is 25.7. The molecule has 4 aromatic rings. The predicted molar refractivity (Wildman–Crippen MR) is 107 cm³/mol. The molecule has 1 unspecified atom stereocenters. The second-order valence-electron chi connectivity index (χ2n) is 7.91. The van der Waals surface area contributed by atoms with E-state index in [0.29, 0.717) is 0 Å². The van der Waals surface area contributed by atoms with Gasteiger partial charge in [-0.25, -0.2) is 0 Å². The van der Waals surface area contributed by atoms with Crippen molar-refractivity contribution in [3.63, 3.8) is 0 Å². The first kappa shape index (κ1) is 14.5. The summed E-state index contributed by atoms with van der Waals surface area (Å²) < 4.78 is 17.4. The summed E-state index contributed by atoms with van der Waals surface area (Å²) in [5, 5.41) is 3.99. The molecule has 1 saturated heterocycles. The standard InChI is InChI=1S/C23H20N2O2/c1-26-19-12-20-24-17-8-4-2-6-13(17)15-10-11-16-14-7-3-5-9-18(14)25(23(19)27-20)22(16)21(15)24/h3-5,7-11,19-20,23H,2,6,12H2,1H3/t19-,20?,23+/m0/s1. The molecule has 2 bridgehead atoms. The highest BCUT2D eigenvalue weighted by atomic mass is 16.6. The van der Waals surface area contributed by atoms with Gasteiger partial charge in [0.2, 0.25) is 0 Å². The lowest BCUT2D eigenvalue weighted by molar-refractivity contribution is -0.0609. The van der Waals surface area contributed by atoms with Gasteiger partial charge in [0.25, 0.3) is 0 Å². The molecule has 134 valence electrons. The molecule has 1 fully saturated rings. The first-order valence-electron chi connectivity index (χ1n) is 9.80. The number of benzene rings is 2. The van der Waals surface area contributed by atoms with Crippen LogP contribution < -0.4 is 0 Å². The smallest absolute Gasteiger partial charge is 0.163 e. The van der Waals surface area contributed by atoms with Gasteiger partial charge in [-0.1, -0.05) is 36.4 Å². The van der Waals surface area contributed by atoms with E-state index in [2.05, 4.69) is 57.7 Å². The van der Waals surface area contributed by atoms with Crippen LogP contribution in [0.4, 0.5) is 0 Å². The van der Waals surface area contributed by atoms with Crippen molar-refractivity contribution in [2.75, 3.05) is 7.11 Å². The van der Waals surface area contributed by atoms with Crippen molar-refractivity contribution in [1.82, 2.24) is 9.13 Å². The number of hydrogen-bond acceptors (Lipinski definition) is 2. The van der Waals surface area contributed by atoms with E-state index in [0.717, 1.165) is 19.3 Å². The lowest BCUT2D eigenvalue weighted by atomic mass is 10.00. The average molecular weight is 356 g/mol. The second kappa shape index (κ2) is 4.83. The van der Waals surface area contributed by atoms with Gasteiger partial charge >= 0.3 is 0 Å². The number of aromatic nitrogens is 2. The molecule has 0 spiro atoms. The highest BCUT2D eigenvalue weighted by molar-refractivity contribution is 6.18. The van der Waals surface area contributed by atoms with Gasteiger partial charge in [-0.15, -0.1) is 0 Å². The summed E-state index contributed by atoms with van der Waals surface area (Å²) in [6, 6.07) is 13.3. The summed E-state index contributed by atoms with van der Waals surface area (Å²) in [6.45, 7) is 0. The van der Waals surface area contributed by atoms with Crippen molar-refractivity contribution in [2.24, 2.45) is 0 Å². The van der Waals surface area contributed by atoms with E-state index in [1.807, 2.05) is 0 Å². The van der Waals surface area contributed by atoms with Crippen LogP contribution in [0.3, 0.4) is 0 Å². The number of fused-ring (bicyclic) bond motifs is 10. The van der Waals surface area contributed by atoms with E-state index in [1.54, 1.807) is 7.11 Å². The van der Waals surface area contributed by atoms with Crippen LogP contribution in [0.5, 0.6) is 0 Å². The molecule has 1 aliphatic carbocycles. The highest BCUT2D eigenvalue weighted by Crippen LogP contribution is 2.50. The van der Waals surface area contributed by atoms with Crippen molar-refractivity contribution in [2.45, 2.75) is 37.8 Å². The van der Waals surface area contributed by atoms with Crippen LogP contribution in [-0.2, 0) is 15.9 Å². The van der Waals surface area contributed by atoms with E-state index < -0.39 is 0 Å². The third-order valence-corrected chi connectivity index (χ3v) is 6.71. The quantitative estimate of drug-likeness (QED) is 0.471. The molecular weight excluding hydrogens is 336 g/mol. The zero-order chi connectivity index (χ0) is 17.7. The van der Waals surface area contributed by atoms with E-state index in [9.17, 15) is 0 Å². The van der Waals surface area contributed by atoms with Crippen molar-refractivity contribution in [3.8, 4) is 0 Å². The largest absolute Gasteiger partial charge is 0.377 e. The van der Waals surface area contributed by atoms with Crippen molar-refractivity contribution in [1.29, 1.82) is 0 Å². The Kier molecular flexibility index (Phi) is 2.59. The second-order valence-corrected chi connectivity index (χ2v) is 7.91. The molecule has 2 aromatic carbocycles. The fourth-order valence-electron chi connectivity index (χ4n) is 5.62. The summed E-state index contributed by atoms with van der Waals surface area (Å²) in [5.41, 5.74) is 6.65. The van der Waals surface area contributed by atoms with Gasteiger partial charge in [0.05, 0.1) is 16.6 Å². The number of para-hydroxylation sites is 1. The molecule has 4 heterocycles. The molecule has 4 nitrogen and oxygen atoms in total. The van der Waals surface area contributed by atoms with E-state index >= 15 is 0 Å². The maximum absolute atomic E-state index is 6.65. The van der Waals surface area contributed by atoms with Gasteiger partial charge in [0, 0.05) is 35.4 Å². The third-order valence-electron chi connectivity index (χ3n) is 6.71. The van der Waals surface area contributed by atoms with Crippen LogP contribution in [0, 0.1) is 0 Å². The van der Waals surface area contributed by atoms with Crippen LogP contribution in [0.1, 0.15) is 36.6 Å². The number of rotatable bonds is 1. The molecular formula is C23H20N2O2. The molecule has 0 radical (unpaired) electrons. The molecule has 3 aliphatic rings.